The molecule has 0 aliphatic carbocycles. The Hall–Kier alpha value is -3.43. The van der Waals surface area contributed by atoms with Gasteiger partial charge in [-0.15, -0.1) is 0 Å². The molecule has 0 radical (unpaired) electrons. The van der Waals surface area contributed by atoms with Gasteiger partial charge < -0.3 is 34.3 Å². The van der Waals surface area contributed by atoms with E-state index in [1.54, 1.807) is 0 Å². The quantitative estimate of drug-likeness (QED) is 0.0197. The van der Waals surface area contributed by atoms with E-state index in [0.29, 0.717) is 12.8 Å². The molecule has 1 aliphatic rings. The number of allylic oxidation sites excluding steroid dienone is 16. The van der Waals surface area contributed by atoms with E-state index < -0.39 is 71.2 Å². The van der Waals surface area contributed by atoms with E-state index in [-0.39, 0.29) is 19.4 Å². The molecule has 13 heteroatoms. The van der Waals surface area contributed by atoms with Crippen LogP contribution in [-0.2, 0) is 38.7 Å². The number of hydrogen-bond donors (Lipinski definition) is 4. The largest absolute Gasteiger partial charge is 0.462 e. The third-order valence-corrected chi connectivity index (χ3v) is 11.4. The van der Waals surface area contributed by atoms with Gasteiger partial charge in [-0.2, -0.15) is 8.42 Å². The minimum absolute atomic E-state index is 0.139. The second-order valence-electron chi connectivity index (χ2n) is 16.7. The van der Waals surface area contributed by atoms with Gasteiger partial charge in [0.05, 0.1) is 6.61 Å². The number of unbranched alkanes of at least 4 members (excludes halogenated alkanes) is 12. The lowest BCUT2D eigenvalue weighted by Crippen LogP contribution is -2.60. The summed E-state index contributed by atoms with van der Waals surface area (Å²) in [6.45, 7) is 3.51. The fourth-order valence-electron chi connectivity index (χ4n) is 6.89. The highest BCUT2D eigenvalue weighted by Crippen LogP contribution is 2.24. The maximum absolute atomic E-state index is 12.9. The second-order valence-corrected chi connectivity index (χ2v) is 18.2. The van der Waals surface area contributed by atoms with Gasteiger partial charge in [0.1, 0.15) is 36.8 Å². The standard InChI is InChI=1S/C53H86O12S/c1-3-5-7-9-11-13-15-17-19-21-23-25-27-29-31-33-35-37-39-41-48(54)62-43-46(44-63-53-52(58)51(57)50(56)47(65-53)45-66(59,60)61)64-49(55)42-40-38-36-34-32-30-28-26-24-22-20-18-16-14-12-10-8-6-4-2/h5-8,11-14,17-20,23-26,46-47,50-53,56-58H,3-4,9-10,15-16,21-22,27-45H2,1-2H3,(H,59,60,61)/b7-5-,8-6-,13-11-,14-12-,19-17-,20-18-,25-23-,26-24-. The Morgan fingerprint density at radius 3 is 1.35 bits per heavy atom. The van der Waals surface area contributed by atoms with Gasteiger partial charge >= 0.3 is 11.9 Å². The Morgan fingerprint density at radius 2 is 0.909 bits per heavy atom. The lowest BCUT2D eigenvalue weighted by Gasteiger charge is -2.40. The molecule has 1 saturated heterocycles. The van der Waals surface area contributed by atoms with Gasteiger partial charge in [-0.3, -0.25) is 14.1 Å². The van der Waals surface area contributed by atoms with E-state index in [1.165, 1.54) is 0 Å². The SMILES string of the molecule is CC/C=C\C/C=C\C/C=C\C/C=C\CCCCCCCCC(=O)OCC(COC1OC(CS(=O)(=O)O)C(O)C(O)C1O)OC(=O)CCCCCCCC/C=C\C/C=C\C/C=C\C/C=C\CC. The van der Waals surface area contributed by atoms with Crippen molar-refractivity contribution in [3.8, 4) is 0 Å². The summed E-state index contributed by atoms with van der Waals surface area (Å²) < 4.78 is 54.2. The number of aliphatic hydroxyl groups is 3. The van der Waals surface area contributed by atoms with Gasteiger partial charge in [-0.1, -0.05) is 162 Å². The van der Waals surface area contributed by atoms with Crippen molar-refractivity contribution in [3.63, 3.8) is 0 Å². The van der Waals surface area contributed by atoms with Crippen molar-refractivity contribution in [1.29, 1.82) is 0 Å². The molecule has 1 rings (SSSR count). The van der Waals surface area contributed by atoms with Crippen molar-refractivity contribution in [2.24, 2.45) is 0 Å². The molecule has 0 bridgehead atoms. The summed E-state index contributed by atoms with van der Waals surface area (Å²) in [5.41, 5.74) is 0. The Bertz CT molecular complexity index is 1580. The zero-order chi connectivity index (χ0) is 48.4. The minimum Gasteiger partial charge on any atom is -0.462 e. The van der Waals surface area contributed by atoms with Crippen molar-refractivity contribution < 1.29 is 56.8 Å². The molecule has 4 N–H and O–H groups in total. The molecule has 0 amide bonds. The first-order chi connectivity index (χ1) is 32.0. The maximum atomic E-state index is 12.9. The number of rotatable bonds is 40. The molecule has 12 nitrogen and oxygen atoms in total. The summed E-state index contributed by atoms with van der Waals surface area (Å²) in [6, 6.07) is 0. The predicted molar refractivity (Wildman–Crippen MR) is 265 cm³/mol. The molecule has 0 aromatic carbocycles. The molecule has 0 saturated carbocycles. The van der Waals surface area contributed by atoms with Crippen LogP contribution in [0.2, 0.25) is 0 Å². The third-order valence-electron chi connectivity index (χ3n) is 10.7. The van der Waals surface area contributed by atoms with Crippen LogP contribution in [0.3, 0.4) is 0 Å². The van der Waals surface area contributed by atoms with Crippen molar-refractivity contribution in [1.82, 2.24) is 0 Å². The van der Waals surface area contributed by atoms with Gasteiger partial charge in [-0.05, 0) is 89.9 Å². The molecule has 66 heavy (non-hydrogen) atoms. The maximum Gasteiger partial charge on any atom is 0.306 e. The van der Waals surface area contributed by atoms with Crippen molar-refractivity contribution in [2.75, 3.05) is 19.0 Å². The van der Waals surface area contributed by atoms with Crippen LogP contribution in [0.1, 0.15) is 168 Å². The lowest BCUT2D eigenvalue weighted by atomic mass is 10.00. The Morgan fingerprint density at radius 1 is 0.515 bits per heavy atom. The number of esters is 2. The molecule has 0 spiro atoms. The van der Waals surface area contributed by atoms with E-state index in [4.69, 9.17) is 18.9 Å². The molecule has 6 unspecified atom stereocenters. The van der Waals surface area contributed by atoms with Crippen LogP contribution in [0.4, 0.5) is 0 Å². The summed E-state index contributed by atoms with van der Waals surface area (Å²) >= 11 is 0. The first-order valence-electron chi connectivity index (χ1n) is 24.8. The zero-order valence-corrected chi connectivity index (χ0v) is 41.1. The number of ether oxygens (including phenoxy) is 4. The molecule has 0 aromatic heterocycles. The van der Waals surface area contributed by atoms with E-state index in [9.17, 15) is 37.9 Å². The number of hydrogen-bond acceptors (Lipinski definition) is 11. The third kappa shape index (κ3) is 35.7. The first kappa shape index (κ1) is 60.6. The van der Waals surface area contributed by atoms with Gasteiger partial charge in [0, 0.05) is 12.8 Å². The number of aliphatic hydroxyl groups excluding tert-OH is 3. The van der Waals surface area contributed by atoms with Gasteiger partial charge in [-0.25, -0.2) is 0 Å². The van der Waals surface area contributed by atoms with E-state index in [0.717, 1.165) is 128 Å². The zero-order valence-electron chi connectivity index (χ0n) is 40.3. The Kier molecular flexibility index (Phi) is 38.3. The normalized spacial score (nSPS) is 20.2. The number of carbonyl (C=O) groups excluding carboxylic acids is 2. The molecule has 1 fully saturated rings. The van der Waals surface area contributed by atoms with Crippen LogP contribution >= 0.6 is 0 Å². The second kappa shape index (κ2) is 41.7. The summed E-state index contributed by atoms with van der Waals surface area (Å²) in [4.78, 5) is 25.5. The molecular formula is C53H86O12S. The van der Waals surface area contributed by atoms with E-state index in [2.05, 4.69) is 111 Å². The molecule has 0 aromatic rings. The van der Waals surface area contributed by atoms with Crippen LogP contribution in [-0.4, -0.2) is 96.0 Å². The average Bonchev–Trinajstić information content (AvgIpc) is 3.28. The van der Waals surface area contributed by atoms with Crippen LogP contribution < -0.4 is 0 Å². The predicted octanol–water partition coefficient (Wildman–Crippen LogP) is 11.0. The van der Waals surface area contributed by atoms with Crippen LogP contribution in [0.15, 0.2) is 97.2 Å². The van der Waals surface area contributed by atoms with Crippen molar-refractivity contribution >= 4 is 22.1 Å². The van der Waals surface area contributed by atoms with Crippen LogP contribution in [0, 0.1) is 0 Å². The van der Waals surface area contributed by atoms with Crippen LogP contribution in [0.25, 0.3) is 0 Å². The monoisotopic (exact) mass is 947 g/mol. The summed E-state index contributed by atoms with van der Waals surface area (Å²) in [6.07, 6.45) is 47.2. The smallest absolute Gasteiger partial charge is 0.306 e. The fraction of sp³-hybridized carbons (Fsp3) is 0.660. The van der Waals surface area contributed by atoms with Crippen LogP contribution in [0.5, 0.6) is 0 Å². The first-order valence-corrected chi connectivity index (χ1v) is 26.4. The lowest BCUT2D eigenvalue weighted by molar-refractivity contribution is -0.297. The molecular weight excluding hydrogens is 861 g/mol. The highest BCUT2D eigenvalue weighted by molar-refractivity contribution is 7.85. The molecule has 1 heterocycles. The Balaban J connectivity index is 2.43. The topological polar surface area (TPSA) is 186 Å². The summed E-state index contributed by atoms with van der Waals surface area (Å²) in [5, 5.41) is 31.0. The van der Waals surface area contributed by atoms with E-state index in [1.807, 2.05) is 0 Å². The van der Waals surface area contributed by atoms with Gasteiger partial charge in [0.2, 0.25) is 0 Å². The highest BCUT2D eigenvalue weighted by Gasteiger charge is 2.46. The number of carbonyl (C=O) groups is 2. The molecule has 1 aliphatic heterocycles. The minimum atomic E-state index is -4.61. The van der Waals surface area contributed by atoms with Crippen molar-refractivity contribution in [3.05, 3.63) is 97.2 Å². The average molecular weight is 947 g/mol. The highest BCUT2D eigenvalue weighted by atomic mass is 32.2. The fourth-order valence-corrected chi connectivity index (χ4v) is 7.58. The van der Waals surface area contributed by atoms with E-state index >= 15 is 0 Å². The molecule has 6 atom stereocenters. The molecule has 376 valence electrons. The van der Waals surface area contributed by atoms with Crippen molar-refractivity contribution in [2.45, 2.75) is 205 Å². The summed E-state index contributed by atoms with van der Waals surface area (Å²) in [5.74, 6) is -2.03. The Labute approximate surface area is 398 Å². The summed E-state index contributed by atoms with van der Waals surface area (Å²) in [7, 11) is -4.61. The van der Waals surface area contributed by atoms with Gasteiger partial charge in [0.25, 0.3) is 10.1 Å². The van der Waals surface area contributed by atoms with Gasteiger partial charge in [0.15, 0.2) is 12.4 Å².